The Morgan fingerprint density at radius 3 is 1.29 bits per heavy atom. The summed E-state index contributed by atoms with van der Waals surface area (Å²) in [5.41, 5.74) is 0. The summed E-state index contributed by atoms with van der Waals surface area (Å²) in [4.78, 5) is 24.4. The molecule has 0 aromatic heterocycles. The van der Waals surface area contributed by atoms with Crippen LogP contribution in [0.3, 0.4) is 0 Å². The molecule has 55 heavy (non-hydrogen) atoms. The predicted molar refractivity (Wildman–Crippen MR) is 236 cm³/mol. The minimum atomic E-state index is -0.684. The van der Waals surface area contributed by atoms with E-state index in [0.717, 1.165) is 77.0 Å². The van der Waals surface area contributed by atoms with E-state index >= 15 is 0 Å². The zero-order chi connectivity index (χ0) is 40.1. The molecule has 0 heterocycles. The molecule has 324 valence electrons. The van der Waals surface area contributed by atoms with Gasteiger partial charge in [-0.3, -0.25) is 9.59 Å². The summed E-state index contributed by atoms with van der Waals surface area (Å²) in [7, 11) is 0. The Morgan fingerprint density at radius 1 is 0.491 bits per heavy atom. The molecule has 0 spiro atoms. The molecule has 2 atom stereocenters. The SMILES string of the molecule is CCCCCCCC/C=C\CCCCCCCCCC(=O)OCCCC/C=C\CCCCCCC(=O)NC(CO)C(O)CCCCCCCCCCCCC. The molecule has 0 rings (SSSR count). The first-order chi connectivity index (χ1) is 27.0. The lowest BCUT2D eigenvalue weighted by Crippen LogP contribution is -2.45. The number of carbonyl (C=O) groups excluding carboxylic acids is 2. The van der Waals surface area contributed by atoms with Gasteiger partial charge < -0.3 is 20.3 Å². The first-order valence-corrected chi connectivity index (χ1v) is 24.1. The van der Waals surface area contributed by atoms with Crippen LogP contribution < -0.4 is 5.32 Å². The number of aliphatic hydroxyl groups is 2. The van der Waals surface area contributed by atoms with E-state index < -0.39 is 12.1 Å². The number of ether oxygens (including phenoxy) is 1. The van der Waals surface area contributed by atoms with Crippen molar-refractivity contribution in [3.8, 4) is 0 Å². The third kappa shape index (κ3) is 41.8. The van der Waals surface area contributed by atoms with E-state index in [0.29, 0.717) is 25.9 Å². The average Bonchev–Trinajstić information content (AvgIpc) is 3.18. The maximum atomic E-state index is 12.4. The van der Waals surface area contributed by atoms with E-state index in [4.69, 9.17) is 4.74 Å². The van der Waals surface area contributed by atoms with Crippen LogP contribution in [-0.2, 0) is 14.3 Å². The molecule has 6 nitrogen and oxygen atoms in total. The minimum absolute atomic E-state index is 0.0404. The van der Waals surface area contributed by atoms with Crippen LogP contribution >= 0.6 is 0 Å². The van der Waals surface area contributed by atoms with Gasteiger partial charge in [0.1, 0.15) is 0 Å². The number of esters is 1. The summed E-state index contributed by atoms with van der Waals surface area (Å²) >= 11 is 0. The quantitative estimate of drug-likeness (QED) is 0.0325. The van der Waals surface area contributed by atoms with Gasteiger partial charge in [-0.1, -0.05) is 186 Å². The Labute approximate surface area is 341 Å². The second-order valence-electron chi connectivity index (χ2n) is 16.4. The van der Waals surface area contributed by atoms with E-state index in [1.165, 1.54) is 141 Å². The van der Waals surface area contributed by atoms with Crippen LogP contribution in [0.25, 0.3) is 0 Å². The Hall–Kier alpha value is -1.66. The lowest BCUT2D eigenvalue weighted by Gasteiger charge is -2.22. The second kappa shape index (κ2) is 45.0. The molecule has 0 saturated carbocycles. The standard InChI is InChI=1S/C49H93NO5/c1-3-5-7-9-11-13-15-16-17-18-19-20-22-27-31-35-39-43-49(54)55-44-40-36-32-28-24-23-26-30-34-38-42-48(53)50-46(45-51)47(52)41-37-33-29-25-21-14-12-10-8-6-4-2/h16-17,24,28,46-47,51-52H,3-15,18-23,25-27,29-45H2,1-2H3,(H,50,53)/b17-16-,28-24-. The van der Waals surface area contributed by atoms with Crippen molar-refractivity contribution < 1.29 is 24.5 Å². The molecular formula is C49H93NO5. The molecule has 0 aromatic rings. The van der Waals surface area contributed by atoms with Crippen molar-refractivity contribution in [2.75, 3.05) is 13.2 Å². The lowest BCUT2D eigenvalue weighted by atomic mass is 10.0. The highest BCUT2D eigenvalue weighted by molar-refractivity contribution is 5.76. The number of hydrogen-bond acceptors (Lipinski definition) is 5. The molecule has 3 N–H and O–H groups in total. The van der Waals surface area contributed by atoms with Gasteiger partial charge in [-0.05, 0) is 77.0 Å². The van der Waals surface area contributed by atoms with Crippen molar-refractivity contribution in [2.24, 2.45) is 0 Å². The van der Waals surface area contributed by atoms with E-state index in [2.05, 4.69) is 43.5 Å². The van der Waals surface area contributed by atoms with Crippen LogP contribution in [0.2, 0.25) is 0 Å². The summed E-state index contributed by atoms with van der Waals surface area (Å²) in [6, 6.07) is -0.565. The van der Waals surface area contributed by atoms with Crippen LogP contribution in [0.15, 0.2) is 24.3 Å². The number of nitrogens with one attached hydrogen (secondary N) is 1. The van der Waals surface area contributed by atoms with Crippen molar-refractivity contribution in [1.82, 2.24) is 5.32 Å². The van der Waals surface area contributed by atoms with Crippen LogP contribution in [0, 0.1) is 0 Å². The van der Waals surface area contributed by atoms with Gasteiger partial charge in [0.05, 0.1) is 25.4 Å². The zero-order valence-corrected chi connectivity index (χ0v) is 36.7. The largest absolute Gasteiger partial charge is 0.466 e. The van der Waals surface area contributed by atoms with Gasteiger partial charge in [0.15, 0.2) is 0 Å². The van der Waals surface area contributed by atoms with Gasteiger partial charge >= 0.3 is 5.97 Å². The number of unbranched alkanes of at least 4 members (excludes halogenated alkanes) is 29. The Kier molecular flexibility index (Phi) is 43.7. The molecule has 0 aromatic carbocycles. The highest BCUT2D eigenvalue weighted by Gasteiger charge is 2.20. The first-order valence-electron chi connectivity index (χ1n) is 24.1. The summed E-state index contributed by atoms with van der Waals surface area (Å²) in [5, 5.41) is 23.1. The number of hydrogen-bond donors (Lipinski definition) is 3. The van der Waals surface area contributed by atoms with Crippen molar-refractivity contribution in [2.45, 2.75) is 264 Å². The number of rotatable bonds is 44. The fourth-order valence-corrected chi connectivity index (χ4v) is 7.21. The zero-order valence-electron chi connectivity index (χ0n) is 36.7. The highest BCUT2D eigenvalue weighted by Crippen LogP contribution is 2.15. The van der Waals surface area contributed by atoms with Crippen molar-refractivity contribution in [3.63, 3.8) is 0 Å². The topological polar surface area (TPSA) is 95.9 Å². The fraction of sp³-hybridized carbons (Fsp3) is 0.878. The number of carbonyl (C=O) groups is 2. The van der Waals surface area contributed by atoms with Crippen LogP contribution in [0.5, 0.6) is 0 Å². The molecule has 0 aliphatic carbocycles. The molecule has 1 amide bonds. The van der Waals surface area contributed by atoms with Crippen LogP contribution in [0.1, 0.15) is 251 Å². The number of aliphatic hydroxyl groups excluding tert-OH is 2. The van der Waals surface area contributed by atoms with Crippen molar-refractivity contribution in [1.29, 1.82) is 0 Å². The molecule has 0 aliphatic heterocycles. The Morgan fingerprint density at radius 2 is 0.855 bits per heavy atom. The van der Waals surface area contributed by atoms with Gasteiger partial charge in [-0.2, -0.15) is 0 Å². The van der Waals surface area contributed by atoms with E-state index in [-0.39, 0.29) is 18.5 Å². The third-order valence-corrected chi connectivity index (χ3v) is 11.0. The molecular weight excluding hydrogens is 683 g/mol. The lowest BCUT2D eigenvalue weighted by molar-refractivity contribution is -0.143. The average molecular weight is 776 g/mol. The van der Waals surface area contributed by atoms with Crippen LogP contribution in [-0.4, -0.2) is 47.4 Å². The van der Waals surface area contributed by atoms with Gasteiger partial charge in [-0.25, -0.2) is 0 Å². The van der Waals surface area contributed by atoms with Gasteiger partial charge in [0.25, 0.3) is 0 Å². The van der Waals surface area contributed by atoms with Crippen LogP contribution in [0.4, 0.5) is 0 Å². The molecule has 0 radical (unpaired) electrons. The number of allylic oxidation sites excluding steroid dienone is 4. The van der Waals surface area contributed by atoms with Gasteiger partial charge in [0, 0.05) is 12.8 Å². The van der Waals surface area contributed by atoms with E-state index in [9.17, 15) is 19.8 Å². The molecule has 0 aliphatic rings. The maximum absolute atomic E-state index is 12.4. The molecule has 6 heteroatoms. The molecule has 2 unspecified atom stereocenters. The Bertz CT molecular complexity index is 858. The monoisotopic (exact) mass is 776 g/mol. The summed E-state index contributed by atoms with van der Waals surface area (Å²) in [6.45, 7) is 4.84. The number of amides is 1. The summed E-state index contributed by atoms with van der Waals surface area (Å²) in [5.74, 6) is -0.113. The normalized spacial score (nSPS) is 12.9. The third-order valence-electron chi connectivity index (χ3n) is 11.0. The smallest absolute Gasteiger partial charge is 0.305 e. The maximum Gasteiger partial charge on any atom is 0.305 e. The summed E-state index contributed by atoms with van der Waals surface area (Å²) < 4.78 is 5.43. The van der Waals surface area contributed by atoms with E-state index in [1.54, 1.807) is 0 Å². The van der Waals surface area contributed by atoms with Crippen molar-refractivity contribution >= 4 is 11.9 Å². The van der Waals surface area contributed by atoms with Gasteiger partial charge in [-0.15, -0.1) is 0 Å². The second-order valence-corrected chi connectivity index (χ2v) is 16.4. The van der Waals surface area contributed by atoms with Gasteiger partial charge in [0.2, 0.25) is 5.91 Å². The minimum Gasteiger partial charge on any atom is -0.466 e. The molecule has 0 bridgehead atoms. The fourth-order valence-electron chi connectivity index (χ4n) is 7.21. The molecule has 0 fully saturated rings. The first kappa shape index (κ1) is 53.3. The molecule has 0 saturated heterocycles. The predicted octanol–water partition coefficient (Wildman–Crippen LogP) is 14.0. The highest BCUT2D eigenvalue weighted by atomic mass is 16.5. The Balaban J connectivity index is 3.51. The van der Waals surface area contributed by atoms with E-state index in [1.807, 2.05) is 0 Å². The van der Waals surface area contributed by atoms with Crippen molar-refractivity contribution in [3.05, 3.63) is 24.3 Å². The summed E-state index contributed by atoms with van der Waals surface area (Å²) in [6.07, 6.45) is 51.4.